The van der Waals surface area contributed by atoms with E-state index >= 15 is 0 Å². The van der Waals surface area contributed by atoms with Gasteiger partial charge < -0.3 is 11.1 Å². The topological polar surface area (TPSA) is 118 Å². The second kappa shape index (κ2) is 7.88. The van der Waals surface area contributed by atoms with Crippen LogP contribution in [-0.2, 0) is 19.6 Å². The second-order valence-corrected chi connectivity index (χ2v) is 9.16. The Kier molecular flexibility index (Phi) is 5.74. The summed E-state index contributed by atoms with van der Waals surface area (Å²) in [5.41, 5.74) is 4.54. The maximum atomic E-state index is 12.8. The maximum Gasteiger partial charge on any atom is 0.266 e. The number of fused-ring (bicyclic) bond motifs is 2. The zero-order chi connectivity index (χ0) is 19.5. The summed E-state index contributed by atoms with van der Waals surface area (Å²) in [6.07, 6.45) is 7.27. The Morgan fingerprint density at radius 2 is 1.74 bits per heavy atom. The van der Waals surface area contributed by atoms with Gasteiger partial charge in [-0.15, -0.1) is 0 Å². The van der Waals surface area contributed by atoms with Gasteiger partial charge in [0.05, 0.1) is 5.69 Å². The first-order valence-corrected chi connectivity index (χ1v) is 11.1. The normalized spacial score (nSPS) is 28.7. The third-order valence-corrected chi connectivity index (χ3v) is 7.04. The molecule has 2 aliphatic rings. The lowest BCUT2D eigenvalue weighted by molar-refractivity contribution is -0.135. The predicted molar refractivity (Wildman–Crippen MR) is 102 cm³/mol. The van der Waals surface area contributed by atoms with Crippen molar-refractivity contribution in [1.82, 2.24) is 4.72 Å². The van der Waals surface area contributed by atoms with Crippen LogP contribution in [0, 0.1) is 11.3 Å². The molecular weight excluding hydrogens is 366 g/mol. The van der Waals surface area contributed by atoms with Gasteiger partial charge in [-0.25, -0.2) is 13.1 Å². The molecule has 0 saturated heterocycles. The first-order valence-electron chi connectivity index (χ1n) is 9.58. The monoisotopic (exact) mass is 393 g/mol. The molecule has 1 aromatic carbocycles. The Labute approximate surface area is 160 Å². The molecule has 27 heavy (non-hydrogen) atoms. The summed E-state index contributed by atoms with van der Waals surface area (Å²) in [5.74, 6) is -1.72. The lowest BCUT2D eigenvalue weighted by atomic mass is 9.98. The third-order valence-electron chi connectivity index (χ3n) is 5.65. The van der Waals surface area contributed by atoms with Crippen LogP contribution in [0.5, 0.6) is 0 Å². The number of hydrogen-bond donors (Lipinski definition) is 3. The second-order valence-electron chi connectivity index (χ2n) is 7.50. The number of nitrogens with two attached hydrogens (primary N) is 1. The molecule has 2 atom stereocenters. The largest absolute Gasteiger partial charge is 0.384 e. The van der Waals surface area contributed by atoms with E-state index in [0.717, 1.165) is 38.5 Å². The molecule has 1 fully saturated rings. The Balaban J connectivity index is 1.88. The summed E-state index contributed by atoms with van der Waals surface area (Å²) >= 11 is 0. The molecule has 1 saturated carbocycles. The summed E-state index contributed by atoms with van der Waals surface area (Å²) in [5, 5.41) is 3.15. The molecule has 4 N–H and O–H groups in total. The van der Waals surface area contributed by atoms with Crippen LogP contribution < -0.4 is 15.8 Å². The molecule has 1 heterocycles. The van der Waals surface area contributed by atoms with Gasteiger partial charge in [-0.3, -0.25) is 9.59 Å². The summed E-state index contributed by atoms with van der Waals surface area (Å²) in [7, 11) is -4.10. The number of nitrogens with one attached hydrogen (secondary N) is 2. The molecule has 148 valence electrons. The Hall–Kier alpha value is -2.09. The average molecular weight is 394 g/mol. The van der Waals surface area contributed by atoms with Crippen molar-refractivity contribution in [3.05, 3.63) is 24.3 Å². The van der Waals surface area contributed by atoms with Gasteiger partial charge in [0.1, 0.15) is 10.3 Å². The van der Waals surface area contributed by atoms with Crippen LogP contribution in [0.2, 0.25) is 0 Å². The first-order chi connectivity index (χ1) is 12.9. The smallest absolute Gasteiger partial charge is 0.266 e. The van der Waals surface area contributed by atoms with E-state index in [-0.39, 0.29) is 10.8 Å². The van der Waals surface area contributed by atoms with E-state index < -0.39 is 27.3 Å². The summed E-state index contributed by atoms with van der Waals surface area (Å²) < 4.78 is 27.7. The number of carbonyl (C=O) groups is 2. The number of hydrogen-bond acceptors (Lipinski definition) is 5. The molecule has 0 spiro atoms. The van der Waals surface area contributed by atoms with E-state index in [1.54, 1.807) is 18.2 Å². The Bertz CT molecular complexity index is 824. The highest BCUT2D eigenvalue weighted by Gasteiger charge is 2.64. The summed E-state index contributed by atoms with van der Waals surface area (Å²) in [6.45, 7) is 0.660. The van der Waals surface area contributed by atoms with Gasteiger partial charge in [0, 0.05) is 6.54 Å². The van der Waals surface area contributed by atoms with Gasteiger partial charge in [0.25, 0.3) is 10.0 Å². The molecule has 7 nitrogen and oxygen atoms in total. The molecule has 0 bridgehead atoms. The Morgan fingerprint density at radius 1 is 1.07 bits per heavy atom. The number of primary amides is 1. The highest BCUT2D eigenvalue weighted by Crippen LogP contribution is 2.55. The van der Waals surface area contributed by atoms with Crippen molar-refractivity contribution in [2.75, 3.05) is 11.9 Å². The van der Waals surface area contributed by atoms with Crippen LogP contribution in [0.3, 0.4) is 0 Å². The molecular formula is C19H27N3O4S. The molecule has 0 radical (unpaired) electrons. The fourth-order valence-electron chi connectivity index (χ4n) is 3.93. The van der Waals surface area contributed by atoms with Crippen LogP contribution in [0.1, 0.15) is 51.4 Å². The lowest BCUT2D eigenvalue weighted by Crippen LogP contribution is -2.44. The number of sulfonamides is 1. The zero-order valence-electron chi connectivity index (χ0n) is 15.4. The molecule has 1 aromatic rings. The molecule has 8 heteroatoms. The van der Waals surface area contributed by atoms with Crippen LogP contribution >= 0.6 is 0 Å². The van der Waals surface area contributed by atoms with Gasteiger partial charge in [-0.05, 0) is 37.3 Å². The Morgan fingerprint density at radius 3 is 2.48 bits per heavy atom. The minimum absolute atomic E-state index is 0.00210. The van der Waals surface area contributed by atoms with E-state index in [0.29, 0.717) is 25.1 Å². The number of rotatable bonds is 1. The van der Waals surface area contributed by atoms with Crippen molar-refractivity contribution in [2.45, 2.75) is 56.3 Å². The average Bonchev–Trinajstić information content (AvgIpc) is 3.35. The van der Waals surface area contributed by atoms with E-state index in [2.05, 4.69) is 10.0 Å². The standard InChI is InChI=1S/C19H27N3O4S/c20-17(23)19-13-14(19)9-5-3-1-2-4-8-12-21-15-10-6-7-11-16(15)27(25,26)22-18(19)24/h6-7,10-11,14,21H,1-5,8-9,12-13H2,(H2,20,23)(H,22,24)/t14-,19-/m1/s1. The van der Waals surface area contributed by atoms with E-state index in [4.69, 9.17) is 5.73 Å². The van der Waals surface area contributed by atoms with Gasteiger partial charge >= 0.3 is 0 Å². The lowest BCUT2D eigenvalue weighted by Gasteiger charge is -2.17. The van der Waals surface area contributed by atoms with Gasteiger partial charge in [-0.2, -0.15) is 0 Å². The molecule has 1 aliphatic heterocycles. The maximum absolute atomic E-state index is 12.8. The predicted octanol–water partition coefficient (Wildman–Crippen LogP) is 2.14. The van der Waals surface area contributed by atoms with Crippen LogP contribution in [-0.4, -0.2) is 26.8 Å². The van der Waals surface area contributed by atoms with Gasteiger partial charge in [-0.1, -0.05) is 44.2 Å². The van der Waals surface area contributed by atoms with E-state index in [1.807, 2.05) is 0 Å². The first kappa shape index (κ1) is 19.7. The number of para-hydroxylation sites is 1. The molecule has 0 unspecified atom stereocenters. The van der Waals surface area contributed by atoms with Crippen molar-refractivity contribution in [2.24, 2.45) is 17.1 Å². The molecule has 1 aliphatic carbocycles. The highest BCUT2D eigenvalue weighted by atomic mass is 32.2. The summed E-state index contributed by atoms with van der Waals surface area (Å²) in [6, 6.07) is 6.46. The van der Waals surface area contributed by atoms with Crippen LogP contribution in [0.15, 0.2) is 29.2 Å². The van der Waals surface area contributed by atoms with Crippen molar-refractivity contribution in [3.8, 4) is 0 Å². The fourth-order valence-corrected chi connectivity index (χ4v) is 5.15. The van der Waals surface area contributed by atoms with Crippen molar-refractivity contribution < 1.29 is 18.0 Å². The number of amides is 2. The van der Waals surface area contributed by atoms with E-state index in [9.17, 15) is 18.0 Å². The molecule has 2 amide bonds. The molecule has 0 aromatic heterocycles. The number of benzene rings is 1. The SMILES string of the molecule is NC(=O)[C@@]12C[C@H]1CCCCCCCCNc1ccccc1S(=O)(=O)NC2=O. The van der Waals surface area contributed by atoms with Crippen molar-refractivity contribution >= 4 is 27.5 Å². The minimum Gasteiger partial charge on any atom is -0.384 e. The minimum atomic E-state index is -4.10. The van der Waals surface area contributed by atoms with Gasteiger partial charge in [0.15, 0.2) is 0 Å². The molecule has 3 rings (SSSR count). The fraction of sp³-hybridized carbons (Fsp3) is 0.579. The highest BCUT2D eigenvalue weighted by molar-refractivity contribution is 7.90. The number of anilines is 1. The quantitative estimate of drug-likeness (QED) is 0.632. The summed E-state index contributed by atoms with van der Waals surface area (Å²) in [4.78, 5) is 24.7. The van der Waals surface area contributed by atoms with Gasteiger partial charge in [0.2, 0.25) is 11.8 Å². The van der Waals surface area contributed by atoms with Crippen LogP contribution in [0.25, 0.3) is 0 Å². The zero-order valence-corrected chi connectivity index (χ0v) is 16.2. The van der Waals surface area contributed by atoms with Crippen molar-refractivity contribution in [3.63, 3.8) is 0 Å². The number of carbonyl (C=O) groups excluding carboxylic acids is 2. The van der Waals surface area contributed by atoms with Crippen LogP contribution in [0.4, 0.5) is 5.69 Å². The van der Waals surface area contributed by atoms with Crippen molar-refractivity contribution in [1.29, 1.82) is 0 Å². The third kappa shape index (κ3) is 4.10. The van der Waals surface area contributed by atoms with E-state index in [1.165, 1.54) is 6.07 Å².